The predicted molar refractivity (Wildman–Crippen MR) is 128 cm³/mol. The molecular formula is C25H26N6O2. The Morgan fingerprint density at radius 2 is 1.76 bits per heavy atom. The molecule has 0 radical (unpaired) electrons. The van der Waals surface area contributed by atoms with Crippen LogP contribution < -0.4 is 10.2 Å². The van der Waals surface area contributed by atoms with Crippen LogP contribution >= 0.6 is 0 Å². The normalized spacial score (nSPS) is 23.4. The predicted octanol–water partition coefficient (Wildman–Crippen LogP) is 3.53. The highest BCUT2D eigenvalue weighted by molar-refractivity contribution is 5.84. The highest BCUT2D eigenvalue weighted by atomic mass is 16.5. The number of morpholine rings is 1. The van der Waals surface area contributed by atoms with Crippen LogP contribution in [0.4, 0.5) is 11.7 Å². The van der Waals surface area contributed by atoms with Gasteiger partial charge in [-0.3, -0.25) is 9.88 Å². The maximum absolute atomic E-state index is 5.76. The number of anilines is 2. The number of oxazole rings is 1. The summed E-state index contributed by atoms with van der Waals surface area (Å²) in [4.78, 5) is 19.2. The van der Waals surface area contributed by atoms with E-state index in [-0.39, 0.29) is 0 Å². The molecule has 6 heterocycles. The maximum Gasteiger partial charge on any atom is 0.295 e. The second kappa shape index (κ2) is 7.40. The third-order valence-electron chi connectivity index (χ3n) is 7.37. The van der Waals surface area contributed by atoms with Crippen molar-refractivity contribution < 1.29 is 9.15 Å². The first-order valence-electron chi connectivity index (χ1n) is 11.7. The molecule has 1 aromatic carbocycles. The van der Waals surface area contributed by atoms with E-state index in [2.05, 4.69) is 31.2 Å². The van der Waals surface area contributed by atoms with E-state index in [1.54, 1.807) is 7.05 Å². The molecule has 3 saturated heterocycles. The zero-order chi connectivity index (χ0) is 21.9. The summed E-state index contributed by atoms with van der Waals surface area (Å²) in [7, 11) is 1.80. The molecule has 3 aromatic heterocycles. The zero-order valence-electron chi connectivity index (χ0n) is 18.6. The van der Waals surface area contributed by atoms with Gasteiger partial charge >= 0.3 is 0 Å². The molecule has 0 amide bonds. The Morgan fingerprint density at radius 1 is 0.909 bits per heavy atom. The van der Waals surface area contributed by atoms with Gasteiger partial charge in [-0.2, -0.15) is 4.98 Å². The van der Waals surface area contributed by atoms with Crippen molar-refractivity contribution >= 4 is 33.8 Å². The lowest BCUT2D eigenvalue weighted by atomic mass is 10.0. The Kier molecular flexibility index (Phi) is 4.32. The molecule has 0 aliphatic carbocycles. The van der Waals surface area contributed by atoms with Crippen LogP contribution in [0.25, 0.3) is 33.4 Å². The minimum Gasteiger partial charge on any atom is -0.424 e. The van der Waals surface area contributed by atoms with Crippen LogP contribution in [0.2, 0.25) is 0 Å². The summed E-state index contributed by atoms with van der Waals surface area (Å²) in [5, 5.41) is 2.94. The van der Waals surface area contributed by atoms with Gasteiger partial charge in [0.1, 0.15) is 5.52 Å². The summed E-state index contributed by atoms with van der Waals surface area (Å²) in [5.74, 6) is 0. The highest BCUT2D eigenvalue weighted by Crippen LogP contribution is 2.35. The van der Waals surface area contributed by atoms with Gasteiger partial charge in [-0.05, 0) is 49.2 Å². The molecule has 0 spiro atoms. The fraction of sp³-hybridized carbons (Fsp3) is 0.400. The lowest BCUT2D eigenvalue weighted by molar-refractivity contribution is -0.0416. The highest BCUT2D eigenvalue weighted by Gasteiger charge is 2.45. The van der Waals surface area contributed by atoms with Gasteiger partial charge in [0.2, 0.25) is 0 Å². The molecule has 3 aliphatic rings. The summed E-state index contributed by atoms with van der Waals surface area (Å²) in [6.07, 6.45) is 4.54. The van der Waals surface area contributed by atoms with Crippen molar-refractivity contribution in [3.05, 3.63) is 42.6 Å². The average Bonchev–Trinajstić information content (AvgIpc) is 3.33. The molecule has 8 heteroatoms. The van der Waals surface area contributed by atoms with Gasteiger partial charge in [0.15, 0.2) is 5.58 Å². The number of rotatable bonds is 4. The van der Waals surface area contributed by atoms with E-state index in [4.69, 9.17) is 14.1 Å². The second-order valence-electron chi connectivity index (χ2n) is 9.31. The molecule has 33 heavy (non-hydrogen) atoms. The fourth-order valence-corrected chi connectivity index (χ4v) is 5.63. The number of nitrogens with one attached hydrogen (secondary N) is 1. The van der Waals surface area contributed by atoms with Crippen molar-refractivity contribution in [2.24, 2.45) is 0 Å². The van der Waals surface area contributed by atoms with E-state index < -0.39 is 0 Å². The Bertz CT molecular complexity index is 1330. The number of pyridine rings is 2. The van der Waals surface area contributed by atoms with Gasteiger partial charge in [-0.25, -0.2) is 4.98 Å². The molecule has 3 aliphatic heterocycles. The summed E-state index contributed by atoms with van der Waals surface area (Å²) in [6, 6.07) is 14.6. The summed E-state index contributed by atoms with van der Waals surface area (Å²) in [6.45, 7) is 3.90. The van der Waals surface area contributed by atoms with Crippen molar-refractivity contribution in [2.45, 2.75) is 31.0 Å². The van der Waals surface area contributed by atoms with Crippen LogP contribution in [-0.2, 0) is 4.74 Å². The molecular weight excluding hydrogens is 416 g/mol. The Morgan fingerprint density at radius 3 is 2.58 bits per heavy atom. The van der Waals surface area contributed by atoms with Crippen LogP contribution in [0.5, 0.6) is 0 Å². The number of aromatic nitrogens is 3. The van der Waals surface area contributed by atoms with Crippen LogP contribution in [-0.4, -0.2) is 71.3 Å². The van der Waals surface area contributed by atoms with Gasteiger partial charge in [0, 0.05) is 43.8 Å². The minimum absolute atomic E-state index is 0.514. The summed E-state index contributed by atoms with van der Waals surface area (Å²) < 4.78 is 11.4. The quantitative estimate of drug-likeness (QED) is 0.514. The Labute approximate surface area is 191 Å². The van der Waals surface area contributed by atoms with Gasteiger partial charge in [-0.1, -0.05) is 0 Å². The molecule has 168 valence electrons. The van der Waals surface area contributed by atoms with Crippen LogP contribution in [0.3, 0.4) is 0 Å². The minimum atomic E-state index is 0.514. The van der Waals surface area contributed by atoms with Crippen LogP contribution in [0.15, 0.2) is 47.0 Å². The van der Waals surface area contributed by atoms with Crippen LogP contribution in [0, 0.1) is 0 Å². The molecule has 2 atom stereocenters. The SMILES string of the molecule is CNc1nc2cc(-c3ccc4ncc(N5CC(N6C7CCC6COC7)C5)cc4n3)ccc2o1. The summed E-state index contributed by atoms with van der Waals surface area (Å²) in [5.41, 5.74) is 6.46. The molecule has 7 rings (SSSR count). The summed E-state index contributed by atoms with van der Waals surface area (Å²) >= 11 is 0. The van der Waals surface area contributed by atoms with Crippen molar-refractivity contribution in [3.63, 3.8) is 0 Å². The Balaban J connectivity index is 1.14. The molecule has 2 bridgehead atoms. The molecule has 8 nitrogen and oxygen atoms in total. The monoisotopic (exact) mass is 442 g/mol. The zero-order valence-corrected chi connectivity index (χ0v) is 18.6. The standard InChI is InChI=1S/C25H26N6O2/c1-26-25-29-23-8-15(2-7-24(23)33-25)20-5-6-21-22(28-20)9-18(10-27-21)30-11-19(12-30)31-16-3-4-17(31)14-32-13-16/h2,5-10,16-17,19H,3-4,11-14H2,1H3,(H,26,29). The molecule has 3 fully saturated rings. The number of benzene rings is 1. The van der Waals surface area contributed by atoms with E-state index in [9.17, 15) is 0 Å². The first-order chi connectivity index (χ1) is 16.2. The second-order valence-corrected chi connectivity index (χ2v) is 9.31. The topological polar surface area (TPSA) is 79.6 Å². The van der Waals surface area contributed by atoms with Crippen LogP contribution in [0.1, 0.15) is 12.8 Å². The van der Waals surface area contributed by atoms with E-state index >= 15 is 0 Å². The third-order valence-corrected chi connectivity index (χ3v) is 7.37. The first kappa shape index (κ1) is 19.3. The number of hydrogen-bond acceptors (Lipinski definition) is 8. The van der Waals surface area contributed by atoms with Crippen molar-refractivity contribution in [1.29, 1.82) is 0 Å². The largest absolute Gasteiger partial charge is 0.424 e. The van der Waals surface area contributed by atoms with E-state index in [0.29, 0.717) is 24.1 Å². The van der Waals surface area contributed by atoms with Gasteiger partial charge in [0.05, 0.1) is 41.8 Å². The molecule has 4 aromatic rings. The van der Waals surface area contributed by atoms with E-state index in [0.717, 1.165) is 65.4 Å². The van der Waals surface area contributed by atoms with Gasteiger partial charge in [0.25, 0.3) is 6.01 Å². The van der Waals surface area contributed by atoms with Crippen molar-refractivity contribution in [3.8, 4) is 11.3 Å². The maximum atomic E-state index is 5.76. The Hall–Kier alpha value is -3.23. The fourth-order valence-electron chi connectivity index (χ4n) is 5.63. The van der Waals surface area contributed by atoms with Gasteiger partial charge in [-0.15, -0.1) is 0 Å². The van der Waals surface area contributed by atoms with E-state index in [1.165, 1.54) is 12.8 Å². The lowest BCUT2D eigenvalue weighted by Gasteiger charge is -2.50. The smallest absolute Gasteiger partial charge is 0.295 e. The average molecular weight is 443 g/mol. The first-order valence-corrected chi connectivity index (χ1v) is 11.7. The number of fused-ring (bicyclic) bond motifs is 4. The molecule has 2 unspecified atom stereocenters. The van der Waals surface area contributed by atoms with Crippen molar-refractivity contribution in [2.75, 3.05) is 43.6 Å². The van der Waals surface area contributed by atoms with Gasteiger partial charge < -0.3 is 19.4 Å². The third kappa shape index (κ3) is 3.16. The van der Waals surface area contributed by atoms with Crippen molar-refractivity contribution in [1.82, 2.24) is 19.9 Å². The lowest BCUT2D eigenvalue weighted by Crippen LogP contribution is -2.64. The number of hydrogen-bond donors (Lipinski definition) is 1. The molecule has 0 saturated carbocycles. The number of ether oxygens (including phenoxy) is 1. The molecule has 1 N–H and O–H groups in total. The van der Waals surface area contributed by atoms with E-state index in [1.807, 2.05) is 36.5 Å². The number of nitrogens with zero attached hydrogens (tertiary/aromatic N) is 5.